The number of hydrogen-bond donors (Lipinski definition) is 1. The normalized spacial score (nSPS) is 12.9. The molecule has 39 heavy (non-hydrogen) atoms. The zero-order chi connectivity index (χ0) is 28.7. The second kappa shape index (κ2) is 13.3. The third-order valence-corrected chi connectivity index (χ3v) is 8.72. The van der Waals surface area contributed by atoms with Crippen LogP contribution in [0.2, 0.25) is 10.0 Å². The lowest BCUT2D eigenvalue weighted by molar-refractivity contribution is -0.139. The molecule has 0 fully saturated rings. The number of hydrogen-bond acceptors (Lipinski definition) is 4. The van der Waals surface area contributed by atoms with Gasteiger partial charge in [-0.25, -0.2) is 8.42 Å². The lowest BCUT2D eigenvalue weighted by Crippen LogP contribution is -2.52. The van der Waals surface area contributed by atoms with E-state index < -0.39 is 28.5 Å². The second-order valence-corrected chi connectivity index (χ2v) is 12.1. The van der Waals surface area contributed by atoms with E-state index in [0.717, 1.165) is 21.9 Å². The summed E-state index contributed by atoms with van der Waals surface area (Å²) in [5.41, 5.74) is 1.87. The van der Waals surface area contributed by atoms with Crippen molar-refractivity contribution < 1.29 is 18.0 Å². The predicted molar refractivity (Wildman–Crippen MR) is 157 cm³/mol. The van der Waals surface area contributed by atoms with Crippen LogP contribution in [0.4, 0.5) is 5.69 Å². The summed E-state index contributed by atoms with van der Waals surface area (Å²) in [4.78, 5) is 28.4. The van der Waals surface area contributed by atoms with Gasteiger partial charge in [0.25, 0.3) is 10.0 Å². The maximum atomic E-state index is 14.0. The molecule has 0 saturated heterocycles. The fourth-order valence-corrected chi connectivity index (χ4v) is 5.85. The third-order valence-electron chi connectivity index (χ3n) is 6.39. The number of nitrogens with one attached hydrogen (secondary N) is 1. The smallest absolute Gasteiger partial charge is 0.264 e. The van der Waals surface area contributed by atoms with Gasteiger partial charge in [0, 0.05) is 17.6 Å². The Morgan fingerprint density at radius 2 is 1.64 bits per heavy atom. The van der Waals surface area contributed by atoms with E-state index in [9.17, 15) is 18.0 Å². The van der Waals surface area contributed by atoms with Gasteiger partial charge in [0.05, 0.1) is 15.6 Å². The van der Waals surface area contributed by atoms with E-state index in [2.05, 4.69) is 5.32 Å². The number of nitrogens with zero attached hydrogens (tertiary/aromatic N) is 2. The highest BCUT2D eigenvalue weighted by molar-refractivity contribution is 7.92. The molecule has 0 saturated carbocycles. The molecule has 2 atom stereocenters. The molecule has 0 aromatic heterocycles. The van der Waals surface area contributed by atoms with Crippen molar-refractivity contribution in [3.63, 3.8) is 0 Å². The van der Waals surface area contributed by atoms with Gasteiger partial charge in [-0.05, 0) is 63.1 Å². The molecule has 3 aromatic rings. The summed E-state index contributed by atoms with van der Waals surface area (Å²) in [6, 6.07) is 18.8. The maximum Gasteiger partial charge on any atom is 0.264 e. The maximum absolute atomic E-state index is 14.0. The fraction of sp³-hybridized carbons (Fsp3) is 0.310. The van der Waals surface area contributed by atoms with Gasteiger partial charge in [0.2, 0.25) is 11.8 Å². The highest BCUT2D eigenvalue weighted by Crippen LogP contribution is 2.33. The average Bonchev–Trinajstić information content (AvgIpc) is 2.91. The molecule has 3 aromatic carbocycles. The van der Waals surface area contributed by atoms with Crippen LogP contribution in [-0.2, 0) is 26.2 Å². The number of aryl methyl sites for hydroxylation is 1. The molecule has 208 valence electrons. The summed E-state index contributed by atoms with van der Waals surface area (Å²) in [5, 5.41) is 3.28. The Morgan fingerprint density at radius 3 is 2.28 bits per heavy atom. The number of sulfonamides is 1. The topological polar surface area (TPSA) is 86.8 Å². The van der Waals surface area contributed by atoms with Crippen molar-refractivity contribution in [3.8, 4) is 0 Å². The van der Waals surface area contributed by atoms with Gasteiger partial charge < -0.3 is 10.2 Å². The molecule has 0 spiro atoms. The third kappa shape index (κ3) is 7.75. The molecule has 2 amide bonds. The zero-order valence-electron chi connectivity index (χ0n) is 22.4. The fourth-order valence-electron chi connectivity index (χ4n) is 3.97. The van der Waals surface area contributed by atoms with Crippen LogP contribution in [0.5, 0.6) is 0 Å². The largest absolute Gasteiger partial charge is 0.352 e. The molecule has 0 aliphatic rings. The molecule has 2 unspecified atom stereocenters. The van der Waals surface area contributed by atoms with Crippen LogP contribution in [0.25, 0.3) is 0 Å². The highest BCUT2D eigenvalue weighted by atomic mass is 35.5. The van der Waals surface area contributed by atoms with Crippen LogP contribution in [0.3, 0.4) is 0 Å². The first-order valence-electron chi connectivity index (χ1n) is 12.6. The van der Waals surface area contributed by atoms with Gasteiger partial charge in [-0.3, -0.25) is 13.9 Å². The van der Waals surface area contributed by atoms with Crippen LogP contribution in [0.15, 0.2) is 77.7 Å². The quantitative estimate of drug-likeness (QED) is 0.305. The van der Waals surface area contributed by atoms with E-state index in [-0.39, 0.29) is 39.1 Å². The predicted octanol–water partition coefficient (Wildman–Crippen LogP) is 5.83. The van der Waals surface area contributed by atoms with Crippen molar-refractivity contribution in [3.05, 3.63) is 94.0 Å². The Morgan fingerprint density at radius 1 is 0.949 bits per heavy atom. The van der Waals surface area contributed by atoms with Crippen molar-refractivity contribution in [1.29, 1.82) is 0 Å². The zero-order valence-corrected chi connectivity index (χ0v) is 24.7. The van der Waals surface area contributed by atoms with Gasteiger partial charge in [-0.1, -0.05) is 78.2 Å². The SMILES string of the molecule is CCC(C)NC(=O)C(C)N(Cc1cccc(C)c1)C(=O)CN(c1cc(Cl)ccc1Cl)S(=O)(=O)c1ccccc1. The summed E-state index contributed by atoms with van der Waals surface area (Å²) < 4.78 is 28.6. The number of carbonyl (C=O) groups is 2. The van der Waals surface area contributed by atoms with Crippen LogP contribution >= 0.6 is 23.2 Å². The van der Waals surface area contributed by atoms with Gasteiger partial charge in [-0.15, -0.1) is 0 Å². The van der Waals surface area contributed by atoms with Crippen molar-refractivity contribution in [1.82, 2.24) is 10.2 Å². The van der Waals surface area contributed by atoms with Gasteiger partial charge in [0.1, 0.15) is 12.6 Å². The lowest BCUT2D eigenvalue weighted by Gasteiger charge is -2.32. The summed E-state index contributed by atoms with van der Waals surface area (Å²) in [7, 11) is -4.23. The van der Waals surface area contributed by atoms with E-state index in [1.165, 1.54) is 35.2 Å². The van der Waals surface area contributed by atoms with Crippen LogP contribution in [0.1, 0.15) is 38.3 Å². The number of rotatable bonds is 11. The van der Waals surface area contributed by atoms with E-state index in [1.807, 2.05) is 45.0 Å². The molecule has 10 heteroatoms. The average molecular weight is 591 g/mol. The van der Waals surface area contributed by atoms with Crippen LogP contribution in [-0.4, -0.2) is 43.8 Å². The first kappa shape index (κ1) is 30.5. The minimum Gasteiger partial charge on any atom is -0.352 e. The van der Waals surface area contributed by atoms with Gasteiger partial charge in [-0.2, -0.15) is 0 Å². The Bertz CT molecular complexity index is 1420. The number of anilines is 1. The first-order chi connectivity index (χ1) is 18.4. The first-order valence-corrected chi connectivity index (χ1v) is 14.8. The van der Waals surface area contributed by atoms with Crippen molar-refractivity contribution >= 4 is 50.7 Å². The molecule has 7 nitrogen and oxygen atoms in total. The Hall–Kier alpha value is -3.07. The van der Waals surface area contributed by atoms with Crippen LogP contribution in [0, 0.1) is 6.92 Å². The minimum atomic E-state index is -4.23. The monoisotopic (exact) mass is 589 g/mol. The molecule has 0 radical (unpaired) electrons. The second-order valence-electron chi connectivity index (χ2n) is 9.43. The van der Waals surface area contributed by atoms with Gasteiger partial charge in [0.15, 0.2) is 0 Å². The van der Waals surface area contributed by atoms with Crippen LogP contribution < -0.4 is 9.62 Å². The molecule has 0 aliphatic carbocycles. The summed E-state index contributed by atoms with van der Waals surface area (Å²) in [6.07, 6.45) is 0.723. The highest BCUT2D eigenvalue weighted by Gasteiger charge is 2.33. The van der Waals surface area contributed by atoms with Gasteiger partial charge >= 0.3 is 0 Å². The van der Waals surface area contributed by atoms with Crippen molar-refractivity contribution in [2.75, 3.05) is 10.8 Å². The summed E-state index contributed by atoms with van der Waals surface area (Å²) >= 11 is 12.6. The number of carbonyl (C=O) groups excluding carboxylic acids is 2. The lowest BCUT2D eigenvalue weighted by atomic mass is 10.1. The molecule has 0 bridgehead atoms. The molecule has 0 heterocycles. The number of amides is 2. The van der Waals surface area contributed by atoms with E-state index in [0.29, 0.717) is 0 Å². The number of benzene rings is 3. The molecular weight excluding hydrogens is 557 g/mol. The Balaban J connectivity index is 2.06. The minimum absolute atomic E-state index is 0.0124. The van der Waals surface area contributed by atoms with Crippen molar-refractivity contribution in [2.24, 2.45) is 0 Å². The Labute approximate surface area is 240 Å². The molecular formula is C29H33Cl2N3O4S. The molecule has 1 N–H and O–H groups in total. The van der Waals surface area contributed by atoms with E-state index in [4.69, 9.17) is 23.2 Å². The van der Waals surface area contributed by atoms with E-state index in [1.54, 1.807) is 25.1 Å². The van der Waals surface area contributed by atoms with Crippen molar-refractivity contribution in [2.45, 2.75) is 57.6 Å². The Kier molecular flexibility index (Phi) is 10.4. The summed E-state index contributed by atoms with van der Waals surface area (Å²) in [6.45, 7) is 6.92. The van der Waals surface area contributed by atoms with E-state index >= 15 is 0 Å². The molecule has 0 aliphatic heterocycles. The number of halogens is 2. The standard InChI is InChI=1S/C29H33Cl2N3O4S/c1-5-21(3)32-29(36)22(4)33(18-23-11-9-10-20(2)16-23)28(35)19-34(27-17-24(30)14-15-26(27)31)39(37,38)25-12-7-6-8-13-25/h6-17,21-22H,5,18-19H2,1-4H3,(H,32,36). The molecule has 3 rings (SSSR count). The summed E-state index contributed by atoms with van der Waals surface area (Å²) in [5.74, 6) is -0.900.